The molecule has 0 aliphatic carbocycles. The lowest BCUT2D eigenvalue weighted by molar-refractivity contribution is -0.389. The quantitative estimate of drug-likeness (QED) is 0.485. The Balaban J connectivity index is 2.49. The van der Waals surface area contributed by atoms with Gasteiger partial charge in [-0.2, -0.15) is 10.1 Å². The van der Waals surface area contributed by atoms with Gasteiger partial charge in [0.15, 0.2) is 10.2 Å². The van der Waals surface area contributed by atoms with E-state index in [-0.39, 0.29) is 22.4 Å². The topological polar surface area (TPSA) is 126 Å². The van der Waals surface area contributed by atoms with Crippen molar-refractivity contribution in [3.8, 4) is 0 Å². The maximum Gasteiger partial charge on any atom is 0.322 e. The first-order chi connectivity index (χ1) is 8.49. The molecule has 2 N–H and O–H groups in total. The van der Waals surface area contributed by atoms with Gasteiger partial charge >= 0.3 is 5.69 Å². The van der Waals surface area contributed by atoms with Crippen LogP contribution in [0.1, 0.15) is 5.69 Å². The van der Waals surface area contributed by atoms with E-state index >= 15 is 0 Å². The Morgan fingerprint density at radius 1 is 1.50 bits per heavy atom. The number of nitrogens with two attached hydrogens (primary N) is 1. The Morgan fingerprint density at radius 2 is 2.22 bits per heavy atom. The van der Waals surface area contributed by atoms with E-state index in [4.69, 9.17) is 5.73 Å². The van der Waals surface area contributed by atoms with E-state index < -0.39 is 4.92 Å². The van der Waals surface area contributed by atoms with Crippen molar-refractivity contribution < 1.29 is 4.92 Å². The van der Waals surface area contributed by atoms with E-state index in [0.29, 0.717) is 5.16 Å². The highest BCUT2D eigenvalue weighted by Gasteiger charge is 2.23. The first-order valence-corrected chi connectivity index (χ1v) is 5.61. The molecular formula is C8H9N7O2S. The van der Waals surface area contributed by atoms with Gasteiger partial charge in [0.2, 0.25) is 5.95 Å². The highest BCUT2D eigenvalue weighted by molar-refractivity contribution is 7.99. The third kappa shape index (κ3) is 2.22. The van der Waals surface area contributed by atoms with Crippen molar-refractivity contribution in [2.75, 3.05) is 5.73 Å². The van der Waals surface area contributed by atoms with E-state index in [1.807, 2.05) is 0 Å². The van der Waals surface area contributed by atoms with E-state index in [1.165, 1.54) is 17.9 Å². The number of anilines is 1. The molecule has 2 aromatic rings. The van der Waals surface area contributed by atoms with Crippen molar-refractivity contribution in [2.24, 2.45) is 7.05 Å². The first-order valence-electron chi connectivity index (χ1n) is 4.79. The minimum absolute atomic E-state index is 0.0113. The van der Waals surface area contributed by atoms with Crippen molar-refractivity contribution in [3.05, 3.63) is 22.1 Å². The summed E-state index contributed by atoms with van der Waals surface area (Å²) in [6.45, 7) is 1.51. The highest BCUT2D eigenvalue weighted by Crippen LogP contribution is 2.33. The average molecular weight is 267 g/mol. The standard InChI is InChI=1S/C8H9N7O2S/c1-4-5(15(16)17)6(13-7(9)12-4)18-8-10-3-11-14(8)2/h3H,1-2H3,(H2,9,12,13). The van der Waals surface area contributed by atoms with Crippen LogP contribution < -0.4 is 5.73 Å². The van der Waals surface area contributed by atoms with E-state index in [9.17, 15) is 10.1 Å². The zero-order valence-electron chi connectivity index (χ0n) is 9.56. The van der Waals surface area contributed by atoms with Crippen LogP contribution in [0.3, 0.4) is 0 Å². The zero-order chi connectivity index (χ0) is 13.3. The minimum Gasteiger partial charge on any atom is -0.368 e. The lowest BCUT2D eigenvalue weighted by atomic mass is 10.4. The van der Waals surface area contributed by atoms with Gasteiger partial charge in [0.25, 0.3) is 0 Å². The number of aromatic nitrogens is 5. The molecule has 0 spiro atoms. The molecule has 2 aromatic heterocycles. The summed E-state index contributed by atoms with van der Waals surface area (Å²) in [6, 6.07) is 0. The normalized spacial score (nSPS) is 10.6. The van der Waals surface area contributed by atoms with Crippen LogP contribution in [-0.2, 0) is 7.05 Å². The van der Waals surface area contributed by atoms with Gasteiger partial charge in [-0.05, 0) is 18.7 Å². The van der Waals surface area contributed by atoms with E-state index in [2.05, 4.69) is 20.1 Å². The molecule has 0 atom stereocenters. The molecular weight excluding hydrogens is 258 g/mol. The van der Waals surface area contributed by atoms with Crippen molar-refractivity contribution in [1.29, 1.82) is 0 Å². The third-order valence-corrected chi connectivity index (χ3v) is 3.11. The summed E-state index contributed by atoms with van der Waals surface area (Å²) in [5.41, 5.74) is 5.54. The molecule has 9 nitrogen and oxygen atoms in total. The van der Waals surface area contributed by atoms with Crippen LogP contribution in [0, 0.1) is 17.0 Å². The second-order valence-corrected chi connectivity index (χ2v) is 4.30. The van der Waals surface area contributed by atoms with E-state index in [1.54, 1.807) is 7.05 Å². The van der Waals surface area contributed by atoms with Crippen molar-refractivity contribution >= 4 is 23.4 Å². The van der Waals surface area contributed by atoms with Crippen LogP contribution >= 0.6 is 11.8 Å². The Hall–Kier alpha value is -2.23. The van der Waals surface area contributed by atoms with Crippen LogP contribution in [0.25, 0.3) is 0 Å². The fraction of sp³-hybridized carbons (Fsp3) is 0.250. The number of hydrogen-bond donors (Lipinski definition) is 1. The van der Waals surface area contributed by atoms with Crippen molar-refractivity contribution in [2.45, 2.75) is 17.1 Å². The average Bonchev–Trinajstić information content (AvgIpc) is 2.62. The van der Waals surface area contributed by atoms with Crippen molar-refractivity contribution in [3.63, 3.8) is 0 Å². The molecule has 0 amide bonds. The van der Waals surface area contributed by atoms with Gasteiger partial charge in [0, 0.05) is 7.05 Å². The smallest absolute Gasteiger partial charge is 0.322 e. The maximum atomic E-state index is 11.0. The SMILES string of the molecule is Cc1nc(N)nc(Sc2ncnn2C)c1[N+](=O)[O-]. The molecule has 10 heteroatoms. The number of nitro groups is 1. The Kier molecular flexibility index (Phi) is 3.10. The number of rotatable bonds is 3. The Bertz CT molecular complexity index is 611. The zero-order valence-corrected chi connectivity index (χ0v) is 10.4. The van der Waals surface area contributed by atoms with Gasteiger partial charge in [-0.25, -0.2) is 14.6 Å². The van der Waals surface area contributed by atoms with E-state index in [0.717, 1.165) is 11.8 Å². The second-order valence-electron chi connectivity index (χ2n) is 3.35. The summed E-state index contributed by atoms with van der Waals surface area (Å²) in [6.07, 6.45) is 1.35. The number of nitrogen functional groups attached to an aromatic ring is 1. The largest absolute Gasteiger partial charge is 0.368 e. The molecule has 0 aliphatic rings. The summed E-state index contributed by atoms with van der Waals surface area (Å²) in [5.74, 6) is -0.0113. The van der Waals surface area contributed by atoms with Gasteiger partial charge < -0.3 is 5.73 Å². The summed E-state index contributed by atoms with van der Waals surface area (Å²) < 4.78 is 1.49. The van der Waals surface area contributed by atoms with Crippen LogP contribution in [0.4, 0.5) is 11.6 Å². The molecule has 0 unspecified atom stereocenters. The molecule has 0 bridgehead atoms. The van der Waals surface area contributed by atoms with Crippen LogP contribution in [0.5, 0.6) is 0 Å². The van der Waals surface area contributed by atoms with Crippen LogP contribution in [0.15, 0.2) is 16.5 Å². The fourth-order valence-corrected chi connectivity index (χ4v) is 2.22. The molecule has 2 rings (SSSR count). The molecule has 0 radical (unpaired) electrons. The molecule has 2 heterocycles. The highest BCUT2D eigenvalue weighted by atomic mass is 32.2. The maximum absolute atomic E-state index is 11.0. The summed E-state index contributed by atoms with van der Waals surface area (Å²) >= 11 is 1.02. The van der Waals surface area contributed by atoms with Crippen LogP contribution in [0.2, 0.25) is 0 Å². The summed E-state index contributed by atoms with van der Waals surface area (Å²) in [5, 5.41) is 15.5. The van der Waals surface area contributed by atoms with Gasteiger partial charge in [-0.15, -0.1) is 0 Å². The monoisotopic (exact) mass is 267 g/mol. The number of hydrogen-bond acceptors (Lipinski definition) is 8. The Morgan fingerprint density at radius 3 is 2.78 bits per heavy atom. The minimum atomic E-state index is -0.534. The van der Waals surface area contributed by atoms with Gasteiger partial charge in [-0.1, -0.05) is 0 Å². The second kappa shape index (κ2) is 4.56. The number of aryl methyl sites for hydroxylation is 2. The predicted molar refractivity (Wildman–Crippen MR) is 63.0 cm³/mol. The van der Waals surface area contributed by atoms with Gasteiger partial charge in [0.1, 0.15) is 12.0 Å². The first kappa shape index (κ1) is 12.2. The summed E-state index contributed by atoms with van der Waals surface area (Å²) in [4.78, 5) is 22.1. The Labute approximate surface area is 106 Å². The fourth-order valence-electron chi connectivity index (χ4n) is 1.31. The molecule has 0 fully saturated rings. The van der Waals surface area contributed by atoms with Gasteiger partial charge in [-0.3, -0.25) is 10.1 Å². The lowest BCUT2D eigenvalue weighted by Crippen LogP contribution is -2.04. The molecule has 94 valence electrons. The van der Waals surface area contributed by atoms with Crippen LogP contribution in [-0.4, -0.2) is 29.7 Å². The number of nitrogens with zero attached hydrogens (tertiary/aromatic N) is 6. The lowest BCUT2D eigenvalue weighted by Gasteiger charge is -2.04. The molecule has 0 aliphatic heterocycles. The molecule has 18 heavy (non-hydrogen) atoms. The molecule has 0 saturated carbocycles. The predicted octanol–water partition coefficient (Wildman–Crippen LogP) is 0.555. The third-order valence-electron chi connectivity index (χ3n) is 2.08. The van der Waals surface area contributed by atoms with Gasteiger partial charge in [0.05, 0.1) is 4.92 Å². The molecule has 0 saturated heterocycles. The summed E-state index contributed by atoms with van der Waals surface area (Å²) in [7, 11) is 1.68. The van der Waals surface area contributed by atoms with Crippen molar-refractivity contribution in [1.82, 2.24) is 24.7 Å². The molecule has 0 aromatic carbocycles.